The molecule has 0 radical (unpaired) electrons. The standard InChI is InChI=1S/C24H28N4O6S/c1-15(2)17-6-10-19(11-7-17)34-16(3)23(29)25-18-8-12-20(13-9-18)35(30,31)28-21-14-22(32-4)27-24(26-21)33-5/h6-16H,1-5H3,(H,25,29)(H,26,27,28). The fourth-order valence-corrected chi connectivity index (χ4v) is 3.99. The highest BCUT2D eigenvalue weighted by atomic mass is 32.2. The van der Waals surface area contributed by atoms with Crippen LogP contribution in [0, 0.1) is 0 Å². The Morgan fingerprint density at radius 1 is 0.914 bits per heavy atom. The molecule has 10 nitrogen and oxygen atoms in total. The number of methoxy groups -OCH3 is 2. The number of anilines is 2. The highest BCUT2D eigenvalue weighted by Gasteiger charge is 2.19. The van der Waals surface area contributed by atoms with Crippen molar-refractivity contribution in [3.05, 3.63) is 60.2 Å². The van der Waals surface area contributed by atoms with E-state index in [1.54, 1.807) is 6.92 Å². The smallest absolute Gasteiger partial charge is 0.321 e. The summed E-state index contributed by atoms with van der Waals surface area (Å²) in [5, 5.41) is 2.72. The molecule has 1 unspecified atom stereocenters. The molecule has 0 saturated heterocycles. The molecule has 0 fully saturated rings. The van der Waals surface area contributed by atoms with Gasteiger partial charge in [0, 0.05) is 11.8 Å². The maximum absolute atomic E-state index is 12.8. The first-order valence-electron chi connectivity index (χ1n) is 10.8. The first-order valence-corrected chi connectivity index (χ1v) is 12.3. The minimum atomic E-state index is -3.96. The fourth-order valence-electron chi connectivity index (χ4n) is 3.00. The van der Waals surface area contributed by atoms with E-state index in [4.69, 9.17) is 14.2 Å². The number of nitrogens with zero attached hydrogens (tertiary/aromatic N) is 2. The maximum Gasteiger partial charge on any atom is 0.321 e. The quantitative estimate of drug-likeness (QED) is 0.430. The topological polar surface area (TPSA) is 129 Å². The number of nitrogens with one attached hydrogen (secondary N) is 2. The fraction of sp³-hybridized carbons (Fsp3) is 0.292. The molecule has 0 saturated carbocycles. The predicted molar refractivity (Wildman–Crippen MR) is 132 cm³/mol. The third-order valence-electron chi connectivity index (χ3n) is 4.97. The number of hydrogen-bond acceptors (Lipinski definition) is 8. The highest BCUT2D eigenvalue weighted by molar-refractivity contribution is 7.92. The Labute approximate surface area is 204 Å². The van der Waals surface area contributed by atoms with Gasteiger partial charge in [0.05, 0.1) is 19.1 Å². The van der Waals surface area contributed by atoms with E-state index in [0.717, 1.165) is 0 Å². The van der Waals surface area contributed by atoms with Crippen LogP contribution in [0.4, 0.5) is 11.5 Å². The zero-order chi connectivity index (χ0) is 25.6. The van der Waals surface area contributed by atoms with Crippen LogP contribution < -0.4 is 24.2 Å². The molecule has 3 aromatic rings. The molecule has 2 aromatic carbocycles. The molecule has 11 heteroatoms. The zero-order valence-corrected chi connectivity index (χ0v) is 20.9. The molecule has 35 heavy (non-hydrogen) atoms. The molecule has 0 aliphatic rings. The average Bonchev–Trinajstić information content (AvgIpc) is 2.84. The van der Waals surface area contributed by atoms with Crippen molar-refractivity contribution in [2.24, 2.45) is 0 Å². The number of carbonyl (C=O) groups excluding carboxylic acids is 1. The van der Waals surface area contributed by atoms with E-state index in [1.807, 2.05) is 24.3 Å². The molecule has 0 aliphatic heterocycles. The Hall–Kier alpha value is -3.86. The largest absolute Gasteiger partial charge is 0.481 e. The lowest BCUT2D eigenvalue weighted by Crippen LogP contribution is -2.30. The predicted octanol–water partition coefficient (Wildman–Crippen LogP) is 3.82. The third-order valence-corrected chi connectivity index (χ3v) is 6.34. The van der Waals surface area contributed by atoms with E-state index >= 15 is 0 Å². The second-order valence-corrected chi connectivity index (χ2v) is 9.57. The van der Waals surface area contributed by atoms with Crippen molar-refractivity contribution >= 4 is 27.4 Å². The van der Waals surface area contributed by atoms with Crippen molar-refractivity contribution < 1.29 is 27.4 Å². The lowest BCUT2D eigenvalue weighted by molar-refractivity contribution is -0.122. The number of aromatic nitrogens is 2. The summed E-state index contributed by atoms with van der Waals surface area (Å²) < 4.78 is 43.6. The molecule has 1 heterocycles. The lowest BCUT2D eigenvalue weighted by Gasteiger charge is -2.16. The molecular weight excluding hydrogens is 472 g/mol. The highest BCUT2D eigenvalue weighted by Crippen LogP contribution is 2.22. The minimum absolute atomic E-state index is 0.0153. The number of sulfonamides is 1. The molecule has 0 spiro atoms. The Bertz CT molecular complexity index is 1240. The summed E-state index contributed by atoms with van der Waals surface area (Å²) in [6, 6.07) is 14.6. The Morgan fingerprint density at radius 3 is 2.14 bits per heavy atom. The Kier molecular flexibility index (Phi) is 8.13. The minimum Gasteiger partial charge on any atom is -0.481 e. The van der Waals surface area contributed by atoms with E-state index in [2.05, 4.69) is 33.9 Å². The molecule has 3 rings (SSSR count). The molecule has 0 aliphatic carbocycles. The molecular formula is C24H28N4O6S. The molecule has 186 valence electrons. The summed E-state index contributed by atoms with van der Waals surface area (Å²) in [4.78, 5) is 20.4. The average molecular weight is 501 g/mol. The van der Waals surface area contributed by atoms with Gasteiger partial charge in [-0.1, -0.05) is 26.0 Å². The van der Waals surface area contributed by atoms with Gasteiger partial charge in [0.25, 0.3) is 15.9 Å². The van der Waals surface area contributed by atoms with Crippen LogP contribution in [0.1, 0.15) is 32.3 Å². The molecule has 1 amide bonds. The maximum atomic E-state index is 12.8. The molecule has 2 N–H and O–H groups in total. The van der Waals surface area contributed by atoms with Gasteiger partial charge in [-0.25, -0.2) is 8.42 Å². The van der Waals surface area contributed by atoms with E-state index in [-0.39, 0.29) is 28.5 Å². The lowest BCUT2D eigenvalue weighted by atomic mass is 10.0. The monoisotopic (exact) mass is 500 g/mol. The zero-order valence-electron chi connectivity index (χ0n) is 20.1. The van der Waals surface area contributed by atoms with Gasteiger partial charge in [-0.05, 0) is 54.8 Å². The Balaban J connectivity index is 1.64. The van der Waals surface area contributed by atoms with E-state index in [9.17, 15) is 13.2 Å². The number of amides is 1. The summed E-state index contributed by atoms with van der Waals surface area (Å²) in [5.74, 6) is 0.742. The van der Waals surface area contributed by atoms with Gasteiger partial charge in [-0.15, -0.1) is 0 Å². The summed E-state index contributed by atoms with van der Waals surface area (Å²) >= 11 is 0. The number of carbonyl (C=O) groups is 1. The summed E-state index contributed by atoms with van der Waals surface area (Å²) in [6.45, 7) is 5.84. The van der Waals surface area contributed by atoms with Crippen LogP contribution in [0.25, 0.3) is 0 Å². The number of ether oxygens (including phenoxy) is 3. The van der Waals surface area contributed by atoms with Gasteiger partial charge in [-0.2, -0.15) is 9.97 Å². The van der Waals surface area contributed by atoms with Crippen LogP contribution in [0.3, 0.4) is 0 Å². The second kappa shape index (κ2) is 11.0. The van der Waals surface area contributed by atoms with Crippen LogP contribution in [-0.2, 0) is 14.8 Å². The van der Waals surface area contributed by atoms with Gasteiger partial charge < -0.3 is 19.5 Å². The van der Waals surface area contributed by atoms with Crippen molar-refractivity contribution in [1.29, 1.82) is 0 Å². The molecule has 0 bridgehead atoms. The van der Waals surface area contributed by atoms with Gasteiger partial charge in [0.15, 0.2) is 11.9 Å². The van der Waals surface area contributed by atoms with Crippen molar-refractivity contribution in [3.8, 4) is 17.6 Å². The van der Waals surface area contributed by atoms with E-state index in [1.165, 1.54) is 50.1 Å². The number of benzene rings is 2. The van der Waals surface area contributed by atoms with Gasteiger partial charge in [0.2, 0.25) is 5.88 Å². The van der Waals surface area contributed by atoms with Crippen LogP contribution in [0.2, 0.25) is 0 Å². The first kappa shape index (κ1) is 25.8. The van der Waals surface area contributed by atoms with E-state index in [0.29, 0.717) is 17.4 Å². The van der Waals surface area contributed by atoms with Gasteiger partial charge in [0.1, 0.15) is 5.75 Å². The van der Waals surface area contributed by atoms with Gasteiger partial charge in [-0.3, -0.25) is 9.52 Å². The summed E-state index contributed by atoms with van der Waals surface area (Å²) in [6.07, 6.45) is -0.757. The van der Waals surface area contributed by atoms with Crippen LogP contribution >= 0.6 is 0 Å². The van der Waals surface area contributed by atoms with Crippen LogP contribution in [0.15, 0.2) is 59.5 Å². The Morgan fingerprint density at radius 2 is 1.57 bits per heavy atom. The number of hydrogen-bond donors (Lipinski definition) is 2. The van der Waals surface area contributed by atoms with Crippen molar-refractivity contribution in [1.82, 2.24) is 9.97 Å². The number of rotatable bonds is 10. The molecule has 1 atom stereocenters. The van der Waals surface area contributed by atoms with Crippen molar-refractivity contribution in [3.63, 3.8) is 0 Å². The SMILES string of the molecule is COc1cc(NS(=O)(=O)c2ccc(NC(=O)C(C)Oc3ccc(C(C)C)cc3)cc2)nc(OC)n1. The summed E-state index contributed by atoms with van der Waals surface area (Å²) in [7, 11) is -1.22. The third kappa shape index (κ3) is 6.82. The second-order valence-electron chi connectivity index (χ2n) is 7.89. The van der Waals surface area contributed by atoms with Gasteiger partial charge >= 0.3 is 6.01 Å². The van der Waals surface area contributed by atoms with E-state index < -0.39 is 16.1 Å². The molecule has 1 aromatic heterocycles. The normalized spacial score (nSPS) is 12.1. The first-order chi connectivity index (χ1) is 16.6. The summed E-state index contributed by atoms with van der Waals surface area (Å²) in [5.41, 5.74) is 1.60. The van der Waals surface area contributed by atoms with Crippen molar-refractivity contribution in [2.45, 2.75) is 37.7 Å². The van der Waals surface area contributed by atoms with Crippen molar-refractivity contribution in [2.75, 3.05) is 24.3 Å². The van der Waals surface area contributed by atoms with Crippen LogP contribution in [-0.4, -0.2) is 44.6 Å². The van der Waals surface area contributed by atoms with Crippen LogP contribution in [0.5, 0.6) is 17.6 Å².